The molecule has 18 heavy (non-hydrogen) atoms. The molecular weight excluding hydrogens is 230 g/mol. The van der Waals surface area contributed by atoms with Crippen molar-refractivity contribution in [3.63, 3.8) is 0 Å². The molecule has 0 aliphatic carbocycles. The molecule has 4 N–H and O–H groups in total. The molecule has 106 valence electrons. The Bertz CT molecular complexity index is 242. The van der Waals surface area contributed by atoms with Crippen LogP contribution in [0.4, 0.5) is 0 Å². The number of amides is 2. The molecule has 0 radical (unpaired) electrons. The minimum atomic E-state index is -0.00729. The van der Waals surface area contributed by atoms with Crippen LogP contribution in [0.25, 0.3) is 0 Å². The minimum Gasteiger partial charge on any atom is -0.356 e. The van der Waals surface area contributed by atoms with Gasteiger partial charge in [-0.2, -0.15) is 0 Å². The van der Waals surface area contributed by atoms with Crippen molar-refractivity contribution in [1.29, 1.82) is 0 Å². The summed E-state index contributed by atoms with van der Waals surface area (Å²) in [4.78, 5) is 22.7. The highest BCUT2D eigenvalue weighted by atomic mass is 16.2. The Balaban J connectivity index is 3.41. The van der Waals surface area contributed by atoms with Crippen molar-refractivity contribution in [3.05, 3.63) is 0 Å². The van der Waals surface area contributed by atoms with E-state index in [4.69, 9.17) is 5.73 Å². The van der Waals surface area contributed by atoms with Gasteiger partial charge in [-0.1, -0.05) is 20.3 Å². The van der Waals surface area contributed by atoms with E-state index in [0.29, 0.717) is 38.4 Å². The molecule has 0 fully saturated rings. The summed E-state index contributed by atoms with van der Waals surface area (Å²) in [5.74, 6) is 0.460. The Kier molecular flexibility index (Phi) is 10.3. The molecule has 0 saturated carbocycles. The summed E-state index contributed by atoms with van der Waals surface area (Å²) in [6, 6.07) is 0. The van der Waals surface area contributed by atoms with E-state index in [-0.39, 0.29) is 11.8 Å². The summed E-state index contributed by atoms with van der Waals surface area (Å²) < 4.78 is 0. The molecular formula is C13H27N3O2. The summed E-state index contributed by atoms with van der Waals surface area (Å²) in [6.07, 6.45) is 3.68. The second-order valence-electron chi connectivity index (χ2n) is 4.90. The zero-order valence-corrected chi connectivity index (χ0v) is 11.6. The fourth-order valence-corrected chi connectivity index (χ4v) is 1.42. The lowest BCUT2D eigenvalue weighted by molar-refractivity contribution is -0.122. The van der Waals surface area contributed by atoms with Crippen molar-refractivity contribution in [1.82, 2.24) is 10.6 Å². The fraction of sp³-hybridized carbons (Fsp3) is 0.846. The number of unbranched alkanes of at least 4 members (excludes halogenated alkanes) is 2. The third-order valence-electron chi connectivity index (χ3n) is 2.49. The number of nitrogens with one attached hydrogen (secondary N) is 2. The standard InChI is InChI=1S/C13H27N3O2/c1-11(2)10-16-13(18)7-9-15-12(17)6-4-3-5-8-14/h11H,3-10,14H2,1-2H3,(H,15,17)(H,16,18). The number of nitrogens with two attached hydrogens (primary N) is 1. The molecule has 0 aliphatic heterocycles. The van der Waals surface area contributed by atoms with Gasteiger partial charge in [-0.25, -0.2) is 0 Å². The summed E-state index contributed by atoms with van der Waals surface area (Å²) in [7, 11) is 0. The summed E-state index contributed by atoms with van der Waals surface area (Å²) in [6.45, 7) is 5.87. The van der Waals surface area contributed by atoms with Gasteiger partial charge < -0.3 is 16.4 Å². The number of rotatable bonds is 10. The zero-order valence-electron chi connectivity index (χ0n) is 11.6. The molecule has 0 spiro atoms. The molecule has 0 bridgehead atoms. The van der Waals surface area contributed by atoms with Gasteiger partial charge in [0.05, 0.1) is 0 Å². The lowest BCUT2D eigenvalue weighted by Crippen LogP contribution is -2.32. The van der Waals surface area contributed by atoms with Crippen LogP contribution in [-0.4, -0.2) is 31.4 Å². The van der Waals surface area contributed by atoms with Crippen LogP contribution in [0.15, 0.2) is 0 Å². The van der Waals surface area contributed by atoms with Crippen LogP contribution in [0.5, 0.6) is 0 Å². The first-order valence-electron chi connectivity index (χ1n) is 6.79. The van der Waals surface area contributed by atoms with Crippen LogP contribution in [0.2, 0.25) is 0 Å². The predicted octanol–water partition coefficient (Wildman–Crippen LogP) is 0.784. The topological polar surface area (TPSA) is 84.2 Å². The molecule has 0 aromatic heterocycles. The molecule has 0 unspecified atom stereocenters. The van der Waals surface area contributed by atoms with E-state index >= 15 is 0 Å². The number of carbonyl (C=O) groups excluding carboxylic acids is 2. The molecule has 0 saturated heterocycles. The van der Waals surface area contributed by atoms with Crippen molar-refractivity contribution in [2.24, 2.45) is 11.7 Å². The van der Waals surface area contributed by atoms with Crippen molar-refractivity contribution in [3.8, 4) is 0 Å². The molecule has 2 amide bonds. The average Bonchev–Trinajstić information content (AvgIpc) is 2.32. The third kappa shape index (κ3) is 11.4. The largest absolute Gasteiger partial charge is 0.356 e. The van der Waals surface area contributed by atoms with Crippen LogP contribution in [0.1, 0.15) is 46.0 Å². The predicted molar refractivity (Wildman–Crippen MR) is 73.0 cm³/mol. The maximum atomic E-state index is 11.4. The number of carbonyl (C=O) groups is 2. The molecule has 0 aliphatic rings. The van der Waals surface area contributed by atoms with Crippen molar-refractivity contribution in [2.75, 3.05) is 19.6 Å². The summed E-state index contributed by atoms with van der Waals surface area (Å²) in [5.41, 5.74) is 5.36. The normalized spacial score (nSPS) is 10.4. The lowest BCUT2D eigenvalue weighted by atomic mass is 10.2. The molecule has 0 aromatic rings. The van der Waals surface area contributed by atoms with E-state index in [1.54, 1.807) is 0 Å². The van der Waals surface area contributed by atoms with Crippen LogP contribution in [0, 0.1) is 5.92 Å². The van der Waals surface area contributed by atoms with Crippen LogP contribution < -0.4 is 16.4 Å². The molecule has 5 nitrogen and oxygen atoms in total. The van der Waals surface area contributed by atoms with E-state index in [1.165, 1.54) is 0 Å². The first kappa shape index (κ1) is 16.9. The monoisotopic (exact) mass is 257 g/mol. The Morgan fingerprint density at radius 2 is 1.67 bits per heavy atom. The highest BCUT2D eigenvalue weighted by molar-refractivity contribution is 5.78. The Morgan fingerprint density at radius 3 is 2.28 bits per heavy atom. The van der Waals surface area contributed by atoms with Crippen LogP contribution >= 0.6 is 0 Å². The lowest BCUT2D eigenvalue weighted by Gasteiger charge is -2.08. The Morgan fingerprint density at radius 1 is 1.00 bits per heavy atom. The van der Waals surface area contributed by atoms with E-state index < -0.39 is 0 Å². The Hall–Kier alpha value is -1.10. The smallest absolute Gasteiger partial charge is 0.221 e. The second kappa shape index (κ2) is 11.0. The second-order valence-corrected chi connectivity index (χ2v) is 4.90. The molecule has 0 aromatic carbocycles. The van der Waals surface area contributed by atoms with E-state index in [9.17, 15) is 9.59 Å². The van der Waals surface area contributed by atoms with Gasteiger partial charge in [-0.05, 0) is 25.3 Å². The first-order valence-corrected chi connectivity index (χ1v) is 6.79. The average molecular weight is 257 g/mol. The van der Waals surface area contributed by atoms with E-state index in [2.05, 4.69) is 10.6 Å². The van der Waals surface area contributed by atoms with Gasteiger partial charge in [-0.15, -0.1) is 0 Å². The molecule has 0 atom stereocenters. The SMILES string of the molecule is CC(C)CNC(=O)CCNC(=O)CCCCCN. The van der Waals surface area contributed by atoms with Gasteiger partial charge in [-0.3, -0.25) is 9.59 Å². The van der Waals surface area contributed by atoms with Crippen molar-refractivity contribution >= 4 is 11.8 Å². The molecule has 5 heteroatoms. The highest BCUT2D eigenvalue weighted by Gasteiger charge is 2.04. The van der Waals surface area contributed by atoms with Gasteiger partial charge in [0.2, 0.25) is 11.8 Å². The molecule has 0 heterocycles. The maximum absolute atomic E-state index is 11.4. The van der Waals surface area contributed by atoms with Gasteiger partial charge in [0.25, 0.3) is 0 Å². The minimum absolute atomic E-state index is 0.00729. The van der Waals surface area contributed by atoms with Gasteiger partial charge in [0.15, 0.2) is 0 Å². The van der Waals surface area contributed by atoms with Crippen molar-refractivity contribution in [2.45, 2.75) is 46.0 Å². The van der Waals surface area contributed by atoms with E-state index in [0.717, 1.165) is 19.3 Å². The number of hydrogen-bond acceptors (Lipinski definition) is 3. The Labute approximate surface area is 110 Å². The van der Waals surface area contributed by atoms with Gasteiger partial charge in [0, 0.05) is 25.9 Å². The fourth-order valence-electron chi connectivity index (χ4n) is 1.42. The zero-order chi connectivity index (χ0) is 13.8. The summed E-state index contributed by atoms with van der Waals surface area (Å²) in [5, 5.41) is 5.56. The quantitative estimate of drug-likeness (QED) is 0.506. The van der Waals surface area contributed by atoms with Gasteiger partial charge in [0.1, 0.15) is 0 Å². The summed E-state index contributed by atoms with van der Waals surface area (Å²) >= 11 is 0. The van der Waals surface area contributed by atoms with Gasteiger partial charge >= 0.3 is 0 Å². The highest BCUT2D eigenvalue weighted by Crippen LogP contribution is 1.98. The van der Waals surface area contributed by atoms with Crippen LogP contribution in [0.3, 0.4) is 0 Å². The third-order valence-corrected chi connectivity index (χ3v) is 2.49. The van der Waals surface area contributed by atoms with E-state index in [1.807, 2.05) is 13.8 Å². The van der Waals surface area contributed by atoms with Crippen LogP contribution in [-0.2, 0) is 9.59 Å². The first-order chi connectivity index (χ1) is 8.56. The maximum Gasteiger partial charge on any atom is 0.221 e. The molecule has 0 rings (SSSR count). The van der Waals surface area contributed by atoms with Crippen molar-refractivity contribution < 1.29 is 9.59 Å². The number of hydrogen-bond donors (Lipinski definition) is 3.